The summed E-state index contributed by atoms with van der Waals surface area (Å²) in [5, 5.41) is 10.2. The number of hydroxylamine groups is 2. The predicted molar refractivity (Wildman–Crippen MR) is 97.6 cm³/mol. The molecule has 0 heterocycles. The van der Waals surface area contributed by atoms with Gasteiger partial charge in [-0.25, -0.2) is 4.79 Å². The summed E-state index contributed by atoms with van der Waals surface area (Å²) < 4.78 is 10.4. The Balaban J connectivity index is 3.16. The molecule has 0 saturated carbocycles. The maximum Gasteiger partial charge on any atom is 0.349 e. The van der Waals surface area contributed by atoms with Crippen molar-refractivity contribution in [2.75, 3.05) is 20.1 Å². The molecule has 0 fully saturated rings. The van der Waals surface area contributed by atoms with Crippen LogP contribution in [0.5, 0.6) is 11.5 Å². The van der Waals surface area contributed by atoms with Crippen molar-refractivity contribution in [1.29, 1.82) is 0 Å². The smallest absolute Gasteiger partial charge is 0.349 e. The number of alkyl halides is 1. The predicted octanol–water partition coefficient (Wildman–Crippen LogP) is 2.62. The van der Waals surface area contributed by atoms with Gasteiger partial charge in [-0.1, -0.05) is 13.8 Å². The minimum Gasteiger partial charge on any atom is -0.497 e. The fraction of sp³-hybridized carbons (Fsp3) is 0.500. The Labute approximate surface area is 162 Å². The van der Waals surface area contributed by atoms with Gasteiger partial charge in [-0.2, -0.15) is 5.06 Å². The summed E-state index contributed by atoms with van der Waals surface area (Å²) in [6, 6.07) is 4.91. The molecular formula is C18H24ClNO7. The summed E-state index contributed by atoms with van der Waals surface area (Å²) in [7, 11) is 2.95. The molecule has 0 aliphatic heterocycles. The van der Waals surface area contributed by atoms with Crippen LogP contribution in [0.15, 0.2) is 18.2 Å². The summed E-state index contributed by atoms with van der Waals surface area (Å²) in [5.74, 6) is -2.50. The largest absolute Gasteiger partial charge is 0.497 e. The second-order valence-electron chi connectivity index (χ2n) is 5.71. The zero-order valence-electron chi connectivity index (χ0n) is 15.8. The number of carboxylic acid groups (broad SMARTS) is 1. The van der Waals surface area contributed by atoms with E-state index >= 15 is 0 Å². The second-order valence-corrected chi connectivity index (χ2v) is 5.98. The highest BCUT2D eigenvalue weighted by Gasteiger charge is 2.46. The molecule has 0 radical (unpaired) electrons. The van der Waals surface area contributed by atoms with Gasteiger partial charge in [-0.15, -0.1) is 11.6 Å². The van der Waals surface area contributed by atoms with Crippen LogP contribution in [0.3, 0.4) is 0 Å². The van der Waals surface area contributed by atoms with Crippen molar-refractivity contribution >= 4 is 29.4 Å². The molecule has 27 heavy (non-hydrogen) atoms. The van der Waals surface area contributed by atoms with E-state index in [1.165, 1.54) is 14.2 Å². The van der Waals surface area contributed by atoms with E-state index in [0.717, 1.165) is 5.06 Å². The van der Waals surface area contributed by atoms with Crippen LogP contribution in [0.2, 0.25) is 0 Å². The number of carbonyl (C=O) groups is 3. The minimum atomic E-state index is -1.74. The van der Waals surface area contributed by atoms with Gasteiger partial charge in [0.2, 0.25) is 0 Å². The quantitative estimate of drug-likeness (QED) is 0.385. The van der Waals surface area contributed by atoms with E-state index in [-0.39, 0.29) is 19.4 Å². The third kappa shape index (κ3) is 5.03. The van der Waals surface area contributed by atoms with Gasteiger partial charge in [0.05, 0.1) is 20.8 Å². The number of nitrogens with zero attached hydrogens (tertiary/aromatic N) is 1. The number of ether oxygens (including phenoxy) is 2. The van der Waals surface area contributed by atoms with E-state index in [1.54, 1.807) is 32.0 Å². The molecule has 1 rings (SSSR count). The maximum atomic E-state index is 12.6. The first-order chi connectivity index (χ1) is 12.8. The highest BCUT2D eigenvalue weighted by molar-refractivity contribution is 6.27. The molecule has 0 bridgehead atoms. The molecule has 1 amide bonds. The van der Waals surface area contributed by atoms with Crippen LogP contribution in [0, 0.1) is 5.41 Å². The molecule has 1 aromatic carbocycles. The zero-order chi connectivity index (χ0) is 20.6. The van der Waals surface area contributed by atoms with Gasteiger partial charge in [0.15, 0.2) is 5.41 Å². The fourth-order valence-electron chi connectivity index (χ4n) is 2.49. The molecule has 0 spiro atoms. The van der Waals surface area contributed by atoms with E-state index < -0.39 is 29.1 Å². The molecule has 1 N–H and O–H groups in total. The van der Waals surface area contributed by atoms with Crippen LogP contribution in [0.1, 0.15) is 32.3 Å². The van der Waals surface area contributed by atoms with E-state index in [0.29, 0.717) is 17.1 Å². The number of hydrogen-bond acceptors (Lipinski definition) is 6. The molecule has 0 unspecified atom stereocenters. The Hall–Kier alpha value is -2.48. The number of benzene rings is 1. The standard InChI is InChI=1S/C18H24ClNO7/c1-5-18(6-2,16(22)23)17(24)27-20(15(21)10-19)11-12-7-8-13(25-3)9-14(12)26-4/h7-9H,5-6,10-11H2,1-4H3,(H,22,23). The average Bonchev–Trinajstić information content (AvgIpc) is 2.68. The SMILES string of the molecule is CCC(CC)(C(=O)O)C(=O)ON(Cc1ccc(OC)cc1OC)C(=O)CCl. The van der Waals surface area contributed by atoms with Gasteiger partial charge in [-0.05, 0) is 25.0 Å². The van der Waals surface area contributed by atoms with Gasteiger partial charge in [0.25, 0.3) is 5.91 Å². The number of methoxy groups -OCH3 is 2. The Morgan fingerprint density at radius 1 is 1.15 bits per heavy atom. The van der Waals surface area contributed by atoms with Crippen molar-refractivity contribution in [2.45, 2.75) is 33.2 Å². The third-order valence-electron chi connectivity index (χ3n) is 4.40. The summed E-state index contributed by atoms with van der Waals surface area (Å²) in [6.45, 7) is 2.98. The molecule has 0 aromatic heterocycles. The van der Waals surface area contributed by atoms with Crippen LogP contribution < -0.4 is 9.47 Å². The lowest BCUT2D eigenvalue weighted by Gasteiger charge is -2.28. The summed E-state index contributed by atoms with van der Waals surface area (Å²) in [4.78, 5) is 41.5. The summed E-state index contributed by atoms with van der Waals surface area (Å²) >= 11 is 5.61. The molecule has 0 aliphatic carbocycles. The summed E-state index contributed by atoms with van der Waals surface area (Å²) in [5.41, 5.74) is -1.21. The van der Waals surface area contributed by atoms with Crippen molar-refractivity contribution in [3.63, 3.8) is 0 Å². The molecule has 0 atom stereocenters. The van der Waals surface area contributed by atoms with Crippen molar-refractivity contribution in [2.24, 2.45) is 5.41 Å². The van der Waals surface area contributed by atoms with Crippen LogP contribution in [-0.2, 0) is 25.8 Å². The van der Waals surface area contributed by atoms with E-state index in [9.17, 15) is 19.5 Å². The fourth-order valence-corrected chi connectivity index (χ4v) is 2.62. The number of hydrogen-bond donors (Lipinski definition) is 1. The molecule has 0 saturated heterocycles. The Bertz CT molecular complexity index is 688. The van der Waals surface area contributed by atoms with Crippen molar-refractivity contribution in [1.82, 2.24) is 5.06 Å². The number of amides is 1. The lowest BCUT2D eigenvalue weighted by Crippen LogP contribution is -2.44. The maximum absolute atomic E-state index is 12.6. The summed E-state index contributed by atoms with van der Waals surface area (Å²) in [6.07, 6.45) is 0.0405. The normalized spacial score (nSPS) is 10.9. The molecule has 9 heteroatoms. The number of halogens is 1. The van der Waals surface area contributed by atoms with Gasteiger partial charge in [0, 0.05) is 11.6 Å². The van der Waals surface area contributed by atoms with Gasteiger partial charge in [-0.3, -0.25) is 9.59 Å². The monoisotopic (exact) mass is 401 g/mol. The van der Waals surface area contributed by atoms with Crippen LogP contribution in [-0.4, -0.2) is 48.1 Å². The zero-order valence-corrected chi connectivity index (χ0v) is 16.5. The lowest BCUT2D eigenvalue weighted by atomic mass is 9.83. The molecule has 1 aromatic rings. The molecule has 150 valence electrons. The third-order valence-corrected chi connectivity index (χ3v) is 4.63. The van der Waals surface area contributed by atoms with Crippen LogP contribution in [0.25, 0.3) is 0 Å². The van der Waals surface area contributed by atoms with Crippen LogP contribution >= 0.6 is 11.6 Å². The van der Waals surface area contributed by atoms with Crippen molar-refractivity contribution in [3.8, 4) is 11.5 Å². The highest BCUT2D eigenvalue weighted by atomic mass is 35.5. The van der Waals surface area contributed by atoms with Gasteiger partial charge in [0.1, 0.15) is 17.4 Å². The topological polar surface area (TPSA) is 102 Å². The molecule has 0 aliphatic rings. The van der Waals surface area contributed by atoms with Crippen molar-refractivity contribution in [3.05, 3.63) is 23.8 Å². The first kappa shape index (κ1) is 22.6. The highest BCUT2D eigenvalue weighted by Crippen LogP contribution is 2.30. The van der Waals surface area contributed by atoms with E-state index in [1.807, 2.05) is 0 Å². The average molecular weight is 402 g/mol. The number of carbonyl (C=O) groups excluding carboxylic acids is 2. The Morgan fingerprint density at radius 3 is 2.22 bits per heavy atom. The number of rotatable bonds is 9. The van der Waals surface area contributed by atoms with E-state index in [2.05, 4.69) is 0 Å². The molecule has 8 nitrogen and oxygen atoms in total. The van der Waals surface area contributed by atoms with Gasteiger partial charge >= 0.3 is 11.9 Å². The number of carboxylic acids is 1. The minimum absolute atomic E-state index is 0.0203. The van der Waals surface area contributed by atoms with E-state index in [4.69, 9.17) is 25.9 Å². The number of aliphatic carboxylic acids is 1. The van der Waals surface area contributed by atoms with Crippen LogP contribution in [0.4, 0.5) is 0 Å². The first-order valence-electron chi connectivity index (χ1n) is 8.32. The lowest BCUT2D eigenvalue weighted by molar-refractivity contribution is -0.211. The Kier molecular flexibility index (Phi) is 8.36. The second kappa shape index (κ2) is 10.0. The Morgan fingerprint density at radius 2 is 1.78 bits per heavy atom. The van der Waals surface area contributed by atoms with Gasteiger partial charge < -0.3 is 19.4 Å². The van der Waals surface area contributed by atoms with Crippen molar-refractivity contribution < 1.29 is 33.8 Å². The molecular weight excluding hydrogens is 378 g/mol. The first-order valence-corrected chi connectivity index (χ1v) is 8.86.